The van der Waals surface area contributed by atoms with Gasteiger partial charge >= 0.3 is 0 Å². The zero-order valence-electron chi connectivity index (χ0n) is 22.7. The molecule has 35 heavy (non-hydrogen) atoms. The van der Waals surface area contributed by atoms with Crippen LogP contribution < -0.4 is 5.32 Å². The van der Waals surface area contributed by atoms with Gasteiger partial charge in [-0.05, 0) is 80.9 Å². The number of hydrogen-bond donors (Lipinski definition) is 1. The van der Waals surface area contributed by atoms with E-state index < -0.39 is 0 Å². The van der Waals surface area contributed by atoms with Gasteiger partial charge in [0.15, 0.2) is 0 Å². The first-order chi connectivity index (χ1) is 17.1. The van der Waals surface area contributed by atoms with E-state index in [0.717, 1.165) is 67.4 Å². The Bertz CT molecular complexity index is 811. The largest absolute Gasteiger partial charge is 0.497 e. The van der Waals surface area contributed by atoms with Gasteiger partial charge < -0.3 is 24.3 Å². The molecule has 3 aliphatic heterocycles. The topological polar surface area (TPSA) is 52.2 Å². The lowest BCUT2D eigenvalue weighted by Gasteiger charge is -2.55. The molecule has 0 aromatic heterocycles. The molecule has 1 N–H and O–H groups in total. The number of nitrogens with one attached hydrogen (secondary N) is 1. The summed E-state index contributed by atoms with van der Waals surface area (Å²) >= 11 is 0. The normalized spacial score (nSPS) is 40.1. The summed E-state index contributed by atoms with van der Waals surface area (Å²) in [4.78, 5) is 2.86. The van der Waals surface area contributed by atoms with Gasteiger partial charge in [0, 0.05) is 45.7 Å². The Labute approximate surface area is 212 Å². The van der Waals surface area contributed by atoms with E-state index in [-0.39, 0.29) is 12.2 Å². The van der Waals surface area contributed by atoms with Crippen LogP contribution in [0.15, 0.2) is 22.7 Å². The second kappa shape index (κ2) is 11.1. The molecule has 3 heterocycles. The molecule has 2 saturated heterocycles. The Balaban J connectivity index is 1.32. The number of rotatable bonds is 7. The van der Waals surface area contributed by atoms with Crippen LogP contribution in [0.25, 0.3) is 0 Å². The standard InChI is InChI=1S/C29H48N2O4/c1-6-18-17-31-10-8-20-14-27(33-3)29(35-5)16-23(20)25(31)12-21(18)11-24-22-15-28(34-4)26(32-2)13-19(22)7-9-30-24/h18,20-21,23-25,27,29-30H,6-17H2,1-5H3/t18-,20?,21-,23?,24?,25?,27?,29?/m0/s1. The Morgan fingerprint density at radius 3 is 2.37 bits per heavy atom. The second-order valence-electron chi connectivity index (χ2n) is 11.7. The maximum Gasteiger partial charge on any atom is 0.137 e. The number of hydrogen-bond acceptors (Lipinski definition) is 6. The highest BCUT2D eigenvalue weighted by atomic mass is 16.5. The van der Waals surface area contributed by atoms with E-state index >= 15 is 0 Å². The smallest absolute Gasteiger partial charge is 0.137 e. The first-order valence-electron chi connectivity index (χ1n) is 14.1. The number of nitrogens with zero attached hydrogens (tertiary/aromatic N) is 1. The molecule has 0 radical (unpaired) electrons. The zero-order chi connectivity index (χ0) is 24.5. The summed E-state index contributed by atoms with van der Waals surface area (Å²) in [6.45, 7) is 6.03. The summed E-state index contributed by atoms with van der Waals surface area (Å²) in [6.07, 6.45) is 11.0. The minimum atomic E-state index is 0.243. The van der Waals surface area contributed by atoms with Gasteiger partial charge in [-0.3, -0.25) is 4.90 Å². The van der Waals surface area contributed by atoms with Gasteiger partial charge in [0.1, 0.15) is 11.5 Å². The predicted molar refractivity (Wildman–Crippen MR) is 138 cm³/mol. The minimum absolute atomic E-state index is 0.243. The summed E-state index contributed by atoms with van der Waals surface area (Å²) in [5, 5.41) is 3.92. The van der Waals surface area contributed by atoms with Gasteiger partial charge in [-0.2, -0.15) is 0 Å². The summed E-state index contributed by atoms with van der Waals surface area (Å²) < 4.78 is 23.2. The van der Waals surface area contributed by atoms with Crippen molar-refractivity contribution in [2.75, 3.05) is 48.1 Å². The van der Waals surface area contributed by atoms with E-state index in [1.54, 1.807) is 25.4 Å². The molecule has 6 nitrogen and oxygen atoms in total. The van der Waals surface area contributed by atoms with Crippen LogP contribution in [0.2, 0.25) is 0 Å². The number of piperidine rings is 2. The van der Waals surface area contributed by atoms with Crippen molar-refractivity contribution < 1.29 is 18.9 Å². The van der Waals surface area contributed by atoms with E-state index in [1.165, 1.54) is 45.2 Å². The van der Waals surface area contributed by atoms with Crippen molar-refractivity contribution in [3.8, 4) is 0 Å². The third kappa shape index (κ3) is 4.93. The van der Waals surface area contributed by atoms with Crippen LogP contribution in [0.1, 0.15) is 64.7 Å². The van der Waals surface area contributed by atoms with Crippen LogP contribution in [0.5, 0.6) is 0 Å². The van der Waals surface area contributed by atoms with Crippen molar-refractivity contribution in [1.82, 2.24) is 10.2 Å². The summed E-state index contributed by atoms with van der Waals surface area (Å²) in [7, 11) is 7.30. The monoisotopic (exact) mass is 488 g/mol. The van der Waals surface area contributed by atoms with Crippen molar-refractivity contribution in [3.05, 3.63) is 22.7 Å². The fraction of sp³-hybridized carbons (Fsp3) is 0.862. The summed E-state index contributed by atoms with van der Waals surface area (Å²) in [5.41, 5.74) is 3.18. The quantitative estimate of drug-likeness (QED) is 0.532. The maximum absolute atomic E-state index is 5.93. The highest BCUT2D eigenvalue weighted by Gasteiger charge is 2.49. The average Bonchev–Trinajstić information content (AvgIpc) is 2.91. The van der Waals surface area contributed by atoms with Crippen molar-refractivity contribution in [3.63, 3.8) is 0 Å². The minimum Gasteiger partial charge on any atom is -0.497 e. The first kappa shape index (κ1) is 25.6. The van der Waals surface area contributed by atoms with Gasteiger partial charge in [-0.25, -0.2) is 0 Å². The Hall–Kier alpha value is -1.08. The zero-order valence-corrected chi connectivity index (χ0v) is 22.7. The highest BCUT2D eigenvalue weighted by Crippen LogP contribution is 2.48. The Kier molecular flexibility index (Phi) is 8.12. The molecule has 198 valence electrons. The van der Waals surface area contributed by atoms with Gasteiger partial charge in [0.25, 0.3) is 0 Å². The Morgan fingerprint density at radius 2 is 1.66 bits per heavy atom. The molecular formula is C29H48N2O4. The molecule has 5 aliphatic rings. The molecule has 6 unspecified atom stereocenters. The average molecular weight is 489 g/mol. The van der Waals surface area contributed by atoms with E-state index in [1.807, 2.05) is 14.2 Å². The molecule has 6 heteroatoms. The molecule has 3 fully saturated rings. The lowest BCUT2D eigenvalue weighted by Crippen LogP contribution is -2.59. The molecule has 5 rings (SSSR count). The summed E-state index contributed by atoms with van der Waals surface area (Å²) in [6, 6.07) is 1.18. The van der Waals surface area contributed by atoms with Crippen LogP contribution in [0, 0.1) is 23.7 Å². The molecular weight excluding hydrogens is 440 g/mol. The van der Waals surface area contributed by atoms with Crippen LogP contribution in [0.4, 0.5) is 0 Å². The molecule has 0 bridgehead atoms. The SMILES string of the molecule is CC[C@H]1CN2CCC3CC(OC)C(OC)CC3C2C[C@@H]1CC1NCCC2=C1CC(OC)=C(OC)C2. The van der Waals surface area contributed by atoms with Crippen LogP contribution in [-0.4, -0.2) is 77.3 Å². The second-order valence-corrected chi connectivity index (χ2v) is 11.7. The van der Waals surface area contributed by atoms with Crippen molar-refractivity contribution in [2.24, 2.45) is 23.7 Å². The number of methoxy groups -OCH3 is 4. The van der Waals surface area contributed by atoms with Crippen molar-refractivity contribution in [2.45, 2.75) is 89.0 Å². The molecule has 2 aliphatic carbocycles. The fourth-order valence-electron chi connectivity index (χ4n) is 8.40. The van der Waals surface area contributed by atoms with Gasteiger partial charge in [-0.15, -0.1) is 0 Å². The van der Waals surface area contributed by atoms with E-state index in [2.05, 4.69) is 17.1 Å². The lowest BCUT2D eigenvalue weighted by molar-refractivity contribution is -0.125. The highest BCUT2D eigenvalue weighted by molar-refractivity contribution is 5.35. The lowest BCUT2D eigenvalue weighted by atomic mass is 9.63. The van der Waals surface area contributed by atoms with Gasteiger partial charge in [0.2, 0.25) is 0 Å². The maximum atomic E-state index is 5.93. The third-order valence-corrected chi connectivity index (χ3v) is 10.4. The summed E-state index contributed by atoms with van der Waals surface area (Å²) in [5.74, 6) is 5.14. The van der Waals surface area contributed by atoms with E-state index in [9.17, 15) is 0 Å². The van der Waals surface area contributed by atoms with Crippen molar-refractivity contribution >= 4 is 0 Å². The molecule has 0 amide bonds. The first-order valence-corrected chi connectivity index (χ1v) is 14.1. The van der Waals surface area contributed by atoms with E-state index in [0.29, 0.717) is 12.1 Å². The Morgan fingerprint density at radius 1 is 0.914 bits per heavy atom. The van der Waals surface area contributed by atoms with Crippen molar-refractivity contribution in [1.29, 1.82) is 0 Å². The number of ether oxygens (including phenoxy) is 4. The molecule has 0 aromatic carbocycles. The molecule has 0 spiro atoms. The van der Waals surface area contributed by atoms with Crippen LogP contribution in [-0.2, 0) is 18.9 Å². The van der Waals surface area contributed by atoms with Gasteiger partial charge in [0.05, 0.1) is 26.4 Å². The molecule has 8 atom stereocenters. The van der Waals surface area contributed by atoms with E-state index in [4.69, 9.17) is 18.9 Å². The van der Waals surface area contributed by atoms with Crippen LogP contribution >= 0.6 is 0 Å². The number of allylic oxidation sites excluding steroid dienone is 2. The molecule has 1 saturated carbocycles. The third-order valence-electron chi connectivity index (χ3n) is 10.4. The molecule has 0 aromatic rings. The number of fused-ring (bicyclic) bond motifs is 3. The predicted octanol–water partition coefficient (Wildman–Crippen LogP) is 4.51. The van der Waals surface area contributed by atoms with Crippen LogP contribution in [0.3, 0.4) is 0 Å². The van der Waals surface area contributed by atoms with Gasteiger partial charge in [-0.1, -0.05) is 18.9 Å². The fourth-order valence-corrected chi connectivity index (χ4v) is 8.40.